The zero-order chi connectivity index (χ0) is 22.1. The molecule has 0 bridgehead atoms. The van der Waals surface area contributed by atoms with Crippen LogP contribution in [0.25, 0.3) is 0 Å². The van der Waals surface area contributed by atoms with Crippen LogP contribution < -0.4 is 5.32 Å². The lowest BCUT2D eigenvalue weighted by molar-refractivity contribution is 0.0602. The molecule has 1 heterocycles. The fraction of sp³-hybridized carbons (Fsp3) is 0.429. The van der Waals surface area contributed by atoms with Gasteiger partial charge in [0.15, 0.2) is 0 Å². The Kier molecular flexibility index (Phi) is 9.01. The number of carbonyl (C=O) groups excluding carboxylic acids is 2. The summed E-state index contributed by atoms with van der Waals surface area (Å²) in [5, 5.41) is 4.74. The standard InChI is InChI=1S/C21H28N2O5S2/c1-4-6-13-23(14-7-5-2)30(26,27)17-10-8-16(9-11-17)19(24)22-20-18(12-15-29-20)21(25)28-3/h8-12,15H,4-7,13-14H2,1-3H3,(H,22,24). The number of sulfonamides is 1. The molecule has 0 unspecified atom stereocenters. The van der Waals surface area contributed by atoms with Crippen molar-refractivity contribution < 1.29 is 22.7 Å². The van der Waals surface area contributed by atoms with E-state index in [9.17, 15) is 18.0 Å². The Morgan fingerprint density at radius 2 is 1.63 bits per heavy atom. The molecule has 0 saturated heterocycles. The van der Waals surface area contributed by atoms with E-state index < -0.39 is 21.9 Å². The van der Waals surface area contributed by atoms with Gasteiger partial charge in [-0.2, -0.15) is 4.31 Å². The molecule has 1 aromatic carbocycles. The first-order valence-electron chi connectivity index (χ1n) is 9.92. The number of amides is 1. The minimum absolute atomic E-state index is 0.164. The van der Waals surface area contributed by atoms with Gasteiger partial charge >= 0.3 is 5.97 Å². The van der Waals surface area contributed by atoms with Crippen molar-refractivity contribution in [2.75, 3.05) is 25.5 Å². The summed E-state index contributed by atoms with van der Waals surface area (Å²) in [5.41, 5.74) is 0.573. The summed E-state index contributed by atoms with van der Waals surface area (Å²) in [5.74, 6) is -0.965. The number of methoxy groups -OCH3 is 1. The van der Waals surface area contributed by atoms with Crippen molar-refractivity contribution in [3.8, 4) is 0 Å². The molecular formula is C21H28N2O5S2. The van der Waals surface area contributed by atoms with Crippen LogP contribution in [0.1, 0.15) is 60.2 Å². The maximum absolute atomic E-state index is 13.0. The zero-order valence-corrected chi connectivity index (χ0v) is 19.1. The number of carbonyl (C=O) groups is 2. The Labute approximate surface area is 182 Å². The van der Waals surface area contributed by atoms with Gasteiger partial charge in [0.05, 0.1) is 17.6 Å². The van der Waals surface area contributed by atoms with Gasteiger partial charge in [-0.1, -0.05) is 26.7 Å². The number of ether oxygens (including phenoxy) is 1. The summed E-state index contributed by atoms with van der Waals surface area (Å²) in [4.78, 5) is 24.4. The van der Waals surface area contributed by atoms with Crippen LogP contribution in [0.3, 0.4) is 0 Å². The number of nitrogens with zero attached hydrogens (tertiary/aromatic N) is 1. The van der Waals surface area contributed by atoms with Crippen LogP contribution >= 0.6 is 11.3 Å². The normalized spacial score (nSPS) is 11.5. The van der Waals surface area contributed by atoms with Crippen LogP contribution in [0.4, 0.5) is 5.00 Å². The molecule has 2 aromatic rings. The lowest BCUT2D eigenvalue weighted by Crippen LogP contribution is -2.33. The summed E-state index contributed by atoms with van der Waals surface area (Å²) in [6.07, 6.45) is 3.42. The summed E-state index contributed by atoms with van der Waals surface area (Å²) in [7, 11) is -2.34. The highest BCUT2D eigenvalue weighted by molar-refractivity contribution is 7.89. The molecule has 0 aliphatic carbocycles. The third-order valence-electron chi connectivity index (χ3n) is 4.57. The molecule has 1 amide bonds. The number of nitrogens with one attached hydrogen (secondary N) is 1. The number of anilines is 1. The van der Waals surface area contributed by atoms with Crippen LogP contribution in [0, 0.1) is 0 Å². The first kappa shape index (κ1) is 24.0. The highest BCUT2D eigenvalue weighted by Crippen LogP contribution is 2.25. The largest absolute Gasteiger partial charge is 0.465 e. The van der Waals surface area contributed by atoms with E-state index in [1.165, 1.54) is 47.0 Å². The number of hydrogen-bond donors (Lipinski definition) is 1. The van der Waals surface area contributed by atoms with Gasteiger partial charge in [-0.15, -0.1) is 11.3 Å². The van der Waals surface area contributed by atoms with E-state index in [1.54, 1.807) is 11.4 Å². The van der Waals surface area contributed by atoms with Crippen LogP contribution in [0.5, 0.6) is 0 Å². The van der Waals surface area contributed by atoms with E-state index in [2.05, 4.69) is 5.32 Å². The molecule has 0 aliphatic heterocycles. The Bertz CT molecular complexity index is 944. The molecule has 0 atom stereocenters. The van der Waals surface area contributed by atoms with Gasteiger partial charge in [0.25, 0.3) is 5.91 Å². The lowest BCUT2D eigenvalue weighted by Gasteiger charge is -2.22. The fourth-order valence-corrected chi connectivity index (χ4v) is 5.09. The van der Waals surface area contributed by atoms with Crippen molar-refractivity contribution in [2.24, 2.45) is 0 Å². The van der Waals surface area contributed by atoms with E-state index >= 15 is 0 Å². The van der Waals surface area contributed by atoms with Gasteiger partial charge in [-0.3, -0.25) is 4.79 Å². The second kappa shape index (κ2) is 11.2. The first-order chi connectivity index (χ1) is 14.3. The predicted molar refractivity (Wildman–Crippen MR) is 119 cm³/mol. The molecule has 0 fully saturated rings. The number of thiophene rings is 1. The van der Waals surface area contributed by atoms with E-state index in [-0.39, 0.29) is 10.5 Å². The van der Waals surface area contributed by atoms with E-state index in [0.717, 1.165) is 25.7 Å². The zero-order valence-electron chi connectivity index (χ0n) is 17.5. The quantitative estimate of drug-likeness (QED) is 0.511. The van der Waals surface area contributed by atoms with Crippen LogP contribution in [0.15, 0.2) is 40.6 Å². The first-order valence-corrected chi connectivity index (χ1v) is 12.2. The van der Waals surface area contributed by atoms with Crippen molar-refractivity contribution >= 4 is 38.2 Å². The number of esters is 1. The molecule has 2 rings (SSSR count). The Morgan fingerprint density at radius 3 is 2.17 bits per heavy atom. The summed E-state index contributed by atoms with van der Waals surface area (Å²) in [6.45, 7) is 5.01. The summed E-state index contributed by atoms with van der Waals surface area (Å²) in [6, 6.07) is 7.43. The molecular weight excluding hydrogens is 424 g/mol. The maximum atomic E-state index is 13.0. The topological polar surface area (TPSA) is 92.8 Å². The average molecular weight is 453 g/mol. The van der Waals surface area contributed by atoms with Gasteiger partial charge in [0.1, 0.15) is 5.00 Å². The summed E-state index contributed by atoms with van der Waals surface area (Å²) >= 11 is 1.21. The Morgan fingerprint density at radius 1 is 1.03 bits per heavy atom. The van der Waals surface area contributed by atoms with Crippen LogP contribution in [0.2, 0.25) is 0 Å². The second-order valence-corrected chi connectivity index (χ2v) is 9.60. The number of benzene rings is 1. The van der Waals surface area contributed by atoms with Crippen molar-refractivity contribution in [2.45, 2.75) is 44.4 Å². The SMILES string of the molecule is CCCCN(CCCC)S(=O)(=O)c1ccc(C(=O)Nc2sccc2C(=O)OC)cc1. The molecule has 0 radical (unpaired) electrons. The molecule has 0 spiro atoms. The van der Waals surface area contributed by atoms with Gasteiger partial charge in [0, 0.05) is 18.7 Å². The smallest absolute Gasteiger partial charge is 0.340 e. The Balaban J connectivity index is 2.17. The van der Waals surface area contributed by atoms with E-state index in [0.29, 0.717) is 23.7 Å². The molecule has 1 N–H and O–H groups in total. The highest BCUT2D eigenvalue weighted by Gasteiger charge is 2.24. The lowest BCUT2D eigenvalue weighted by atomic mass is 10.2. The molecule has 9 heteroatoms. The molecule has 0 aliphatic rings. The molecule has 1 aromatic heterocycles. The van der Waals surface area contributed by atoms with Gasteiger partial charge in [-0.25, -0.2) is 13.2 Å². The van der Waals surface area contributed by atoms with Crippen molar-refractivity contribution in [1.82, 2.24) is 4.31 Å². The van der Waals surface area contributed by atoms with Crippen LogP contribution in [-0.2, 0) is 14.8 Å². The van der Waals surface area contributed by atoms with Crippen molar-refractivity contribution in [3.05, 3.63) is 46.8 Å². The predicted octanol–water partition coefficient (Wildman–Crippen LogP) is 4.38. The number of rotatable bonds is 11. The van der Waals surface area contributed by atoms with Gasteiger partial charge < -0.3 is 10.1 Å². The molecule has 30 heavy (non-hydrogen) atoms. The second-order valence-electron chi connectivity index (χ2n) is 6.74. The van der Waals surface area contributed by atoms with E-state index in [1.807, 2.05) is 13.8 Å². The van der Waals surface area contributed by atoms with Crippen molar-refractivity contribution in [1.29, 1.82) is 0 Å². The monoisotopic (exact) mass is 452 g/mol. The van der Waals surface area contributed by atoms with E-state index in [4.69, 9.17) is 4.74 Å². The minimum atomic E-state index is -3.62. The highest BCUT2D eigenvalue weighted by atomic mass is 32.2. The van der Waals surface area contributed by atoms with Crippen molar-refractivity contribution in [3.63, 3.8) is 0 Å². The average Bonchev–Trinajstić information content (AvgIpc) is 3.21. The Hall–Kier alpha value is -2.23. The maximum Gasteiger partial charge on any atom is 0.340 e. The summed E-state index contributed by atoms with van der Waals surface area (Å²) < 4.78 is 32.2. The third kappa shape index (κ3) is 5.90. The number of unbranched alkanes of at least 4 members (excludes halogenated alkanes) is 2. The van der Waals surface area contributed by atoms with Gasteiger partial charge in [-0.05, 0) is 48.6 Å². The fourth-order valence-electron chi connectivity index (χ4n) is 2.80. The third-order valence-corrected chi connectivity index (χ3v) is 7.32. The van der Waals surface area contributed by atoms with Crippen LogP contribution in [-0.4, -0.2) is 44.8 Å². The molecule has 7 nitrogen and oxygen atoms in total. The minimum Gasteiger partial charge on any atom is -0.465 e. The van der Waals surface area contributed by atoms with Gasteiger partial charge in [0.2, 0.25) is 10.0 Å². The molecule has 164 valence electrons. The molecule has 0 saturated carbocycles. The number of hydrogen-bond acceptors (Lipinski definition) is 6.